The van der Waals surface area contributed by atoms with Gasteiger partial charge in [-0.15, -0.1) is 6.58 Å². The van der Waals surface area contributed by atoms with Crippen LogP contribution in [-0.2, 0) is 9.59 Å². The first-order valence-corrected chi connectivity index (χ1v) is 11.9. The van der Waals surface area contributed by atoms with Crippen LogP contribution in [0, 0.1) is 19.8 Å². The lowest BCUT2D eigenvalue weighted by Gasteiger charge is -2.23. The smallest absolute Gasteiger partial charge is 0.246 e. The number of carbonyl (C=O) groups excluding carboxylic acids is 2. The number of anilines is 1. The third kappa shape index (κ3) is 5.28. The normalized spacial score (nSPS) is 13.6. The molecule has 1 fully saturated rings. The van der Waals surface area contributed by atoms with Gasteiger partial charge in [0.2, 0.25) is 17.8 Å². The Hall–Kier alpha value is -3.67. The van der Waals surface area contributed by atoms with Crippen molar-refractivity contribution in [3.05, 3.63) is 78.5 Å². The van der Waals surface area contributed by atoms with Gasteiger partial charge < -0.3 is 4.90 Å². The molecule has 0 bridgehead atoms. The van der Waals surface area contributed by atoms with E-state index in [-0.39, 0.29) is 24.3 Å². The topological polar surface area (TPSA) is 67.2 Å². The van der Waals surface area contributed by atoms with Gasteiger partial charge in [-0.2, -0.15) is 0 Å². The van der Waals surface area contributed by atoms with E-state index < -0.39 is 0 Å². The summed E-state index contributed by atoms with van der Waals surface area (Å²) in [7, 11) is 0. The van der Waals surface area contributed by atoms with E-state index in [0.717, 1.165) is 48.2 Å². The highest BCUT2D eigenvalue weighted by Crippen LogP contribution is 2.27. The Bertz CT molecular complexity index is 1180. The molecule has 1 saturated carbocycles. The lowest BCUT2D eigenvalue weighted by atomic mass is 10.1. The van der Waals surface area contributed by atoms with E-state index in [1.807, 2.05) is 47.2 Å². The number of aromatic nitrogens is 2. The van der Waals surface area contributed by atoms with Gasteiger partial charge in [-0.05, 0) is 49.9 Å². The SMILES string of the molecule is C=CCN(CC(=O)Nc1nc(-c2ccccc2)cn1-c1ccc(C)c(C)c1)C(=O)C1CCCC1. The molecule has 1 aliphatic carbocycles. The number of rotatable bonds is 8. The monoisotopic (exact) mass is 456 g/mol. The highest BCUT2D eigenvalue weighted by atomic mass is 16.2. The van der Waals surface area contributed by atoms with E-state index in [1.54, 1.807) is 11.0 Å². The Morgan fingerprint density at radius 2 is 1.85 bits per heavy atom. The van der Waals surface area contributed by atoms with Crippen LogP contribution in [0.3, 0.4) is 0 Å². The van der Waals surface area contributed by atoms with Crippen LogP contribution in [0.2, 0.25) is 0 Å². The number of benzene rings is 2. The number of nitrogens with zero attached hydrogens (tertiary/aromatic N) is 3. The van der Waals surface area contributed by atoms with Crippen LogP contribution >= 0.6 is 0 Å². The minimum atomic E-state index is -0.275. The maximum atomic E-state index is 13.1. The van der Waals surface area contributed by atoms with Crippen LogP contribution in [-0.4, -0.2) is 39.4 Å². The molecule has 1 aromatic heterocycles. The Kier molecular flexibility index (Phi) is 7.26. The van der Waals surface area contributed by atoms with E-state index in [2.05, 4.69) is 37.9 Å². The standard InChI is InChI=1S/C28H32N4O2/c1-4-16-31(27(34)23-12-8-9-13-23)19-26(33)30-28-29-25(22-10-6-5-7-11-22)18-32(28)24-15-14-20(2)21(3)17-24/h4-7,10-11,14-15,17-18,23H,1,8-9,12-13,16,19H2,2-3H3,(H,29,30,33). The zero-order valence-corrected chi connectivity index (χ0v) is 20.0. The number of carbonyl (C=O) groups is 2. The van der Waals surface area contributed by atoms with E-state index in [0.29, 0.717) is 12.5 Å². The fourth-order valence-corrected chi connectivity index (χ4v) is 4.45. The van der Waals surface area contributed by atoms with Crippen LogP contribution in [0.15, 0.2) is 67.4 Å². The maximum absolute atomic E-state index is 13.1. The first-order chi connectivity index (χ1) is 16.5. The van der Waals surface area contributed by atoms with Crippen LogP contribution in [0.5, 0.6) is 0 Å². The maximum Gasteiger partial charge on any atom is 0.246 e. The minimum absolute atomic E-state index is 0.00922. The molecule has 3 aromatic rings. The van der Waals surface area contributed by atoms with Crippen molar-refractivity contribution in [3.8, 4) is 16.9 Å². The largest absolute Gasteiger partial charge is 0.329 e. The minimum Gasteiger partial charge on any atom is -0.329 e. The Morgan fingerprint density at radius 1 is 1.12 bits per heavy atom. The lowest BCUT2D eigenvalue weighted by molar-refractivity contribution is -0.137. The first-order valence-electron chi connectivity index (χ1n) is 11.9. The summed E-state index contributed by atoms with van der Waals surface area (Å²) in [5, 5.41) is 2.95. The molecule has 34 heavy (non-hydrogen) atoms. The van der Waals surface area contributed by atoms with Gasteiger partial charge in [-0.1, -0.05) is 55.3 Å². The summed E-state index contributed by atoms with van der Waals surface area (Å²) >= 11 is 0. The zero-order valence-electron chi connectivity index (χ0n) is 20.0. The fraction of sp³-hybridized carbons (Fsp3) is 0.321. The molecule has 4 rings (SSSR count). The summed E-state index contributed by atoms with van der Waals surface area (Å²) in [5.74, 6) is 0.201. The van der Waals surface area contributed by atoms with E-state index in [4.69, 9.17) is 4.98 Å². The Labute approximate surface area is 201 Å². The molecule has 0 saturated heterocycles. The molecule has 176 valence electrons. The van der Waals surface area contributed by atoms with Gasteiger partial charge >= 0.3 is 0 Å². The van der Waals surface area contributed by atoms with Crippen molar-refractivity contribution in [2.24, 2.45) is 5.92 Å². The summed E-state index contributed by atoms with van der Waals surface area (Å²) in [6, 6.07) is 16.0. The van der Waals surface area contributed by atoms with Crippen molar-refractivity contribution >= 4 is 17.8 Å². The summed E-state index contributed by atoms with van der Waals surface area (Å²) in [6.45, 7) is 8.22. The van der Waals surface area contributed by atoms with Gasteiger partial charge in [-0.3, -0.25) is 19.5 Å². The highest BCUT2D eigenvalue weighted by molar-refractivity contribution is 5.94. The number of hydrogen-bond acceptors (Lipinski definition) is 3. The number of aryl methyl sites for hydroxylation is 2. The third-order valence-corrected chi connectivity index (χ3v) is 6.50. The van der Waals surface area contributed by atoms with Gasteiger partial charge in [0.25, 0.3) is 0 Å². The van der Waals surface area contributed by atoms with E-state index in [1.165, 1.54) is 5.56 Å². The van der Waals surface area contributed by atoms with Crippen molar-refractivity contribution in [1.82, 2.24) is 14.5 Å². The predicted molar refractivity (Wildman–Crippen MR) is 136 cm³/mol. The highest BCUT2D eigenvalue weighted by Gasteiger charge is 2.28. The van der Waals surface area contributed by atoms with Crippen molar-refractivity contribution in [3.63, 3.8) is 0 Å². The molecule has 1 N–H and O–H groups in total. The predicted octanol–water partition coefficient (Wildman–Crippen LogP) is 5.30. The average Bonchev–Trinajstić information content (AvgIpc) is 3.51. The van der Waals surface area contributed by atoms with Gasteiger partial charge in [-0.25, -0.2) is 4.98 Å². The molecule has 0 aliphatic heterocycles. The summed E-state index contributed by atoms with van der Waals surface area (Å²) in [5.41, 5.74) is 5.00. The molecule has 2 aromatic carbocycles. The number of amides is 2. The number of hydrogen-bond donors (Lipinski definition) is 1. The first kappa shape index (κ1) is 23.5. The van der Waals surface area contributed by atoms with E-state index >= 15 is 0 Å². The molecule has 0 radical (unpaired) electrons. The molecule has 6 nitrogen and oxygen atoms in total. The molecule has 0 spiro atoms. The van der Waals surface area contributed by atoms with Crippen molar-refractivity contribution < 1.29 is 9.59 Å². The second kappa shape index (κ2) is 10.5. The van der Waals surface area contributed by atoms with Crippen LogP contribution < -0.4 is 5.32 Å². The lowest BCUT2D eigenvalue weighted by Crippen LogP contribution is -2.41. The van der Waals surface area contributed by atoms with Crippen LogP contribution in [0.1, 0.15) is 36.8 Å². The fourth-order valence-electron chi connectivity index (χ4n) is 4.45. The van der Waals surface area contributed by atoms with Gasteiger partial charge in [0.15, 0.2) is 0 Å². The summed E-state index contributed by atoms with van der Waals surface area (Å²) < 4.78 is 1.89. The second-order valence-corrected chi connectivity index (χ2v) is 8.99. The molecular formula is C28H32N4O2. The van der Waals surface area contributed by atoms with Crippen molar-refractivity contribution in [2.45, 2.75) is 39.5 Å². The third-order valence-electron chi connectivity index (χ3n) is 6.50. The molecule has 0 unspecified atom stereocenters. The van der Waals surface area contributed by atoms with Gasteiger partial charge in [0.1, 0.15) is 6.54 Å². The summed E-state index contributed by atoms with van der Waals surface area (Å²) in [4.78, 5) is 32.4. The van der Waals surface area contributed by atoms with Gasteiger partial charge in [0, 0.05) is 29.9 Å². The van der Waals surface area contributed by atoms with Crippen molar-refractivity contribution in [1.29, 1.82) is 0 Å². The molecule has 6 heteroatoms. The molecular weight excluding hydrogens is 424 g/mol. The molecule has 0 atom stereocenters. The van der Waals surface area contributed by atoms with Crippen LogP contribution in [0.25, 0.3) is 16.9 Å². The number of nitrogens with one attached hydrogen (secondary N) is 1. The quantitative estimate of drug-likeness (QED) is 0.468. The Balaban J connectivity index is 1.60. The molecule has 1 heterocycles. The molecule has 2 amide bonds. The average molecular weight is 457 g/mol. The van der Waals surface area contributed by atoms with E-state index in [9.17, 15) is 9.59 Å². The van der Waals surface area contributed by atoms with Crippen molar-refractivity contribution in [2.75, 3.05) is 18.4 Å². The summed E-state index contributed by atoms with van der Waals surface area (Å²) in [6.07, 6.45) is 7.53. The zero-order chi connectivity index (χ0) is 24.1. The Morgan fingerprint density at radius 3 is 2.53 bits per heavy atom. The van der Waals surface area contributed by atoms with Gasteiger partial charge in [0.05, 0.1) is 5.69 Å². The van der Waals surface area contributed by atoms with Crippen LogP contribution in [0.4, 0.5) is 5.95 Å². The second-order valence-electron chi connectivity index (χ2n) is 8.99. The molecule has 1 aliphatic rings. The number of imidazole rings is 1.